The van der Waals surface area contributed by atoms with Gasteiger partial charge in [0, 0.05) is 39.0 Å². The van der Waals surface area contributed by atoms with E-state index in [0.29, 0.717) is 11.8 Å². The van der Waals surface area contributed by atoms with Crippen molar-refractivity contribution in [1.82, 2.24) is 9.80 Å². The number of piperazine rings is 1. The maximum absolute atomic E-state index is 5.50. The Labute approximate surface area is 123 Å². The van der Waals surface area contributed by atoms with Gasteiger partial charge in [0.1, 0.15) is 0 Å². The van der Waals surface area contributed by atoms with Crippen molar-refractivity contribution in [1.29, 1.82) is 0 Å². The Kier molecular flexibility index (Phi) is 6.50. The van der Waals surface area contributed by atoms with Gasteiger partial charge >= 0.3 is 0 Å². The molecule has 0 saturated carbocycles. The van der Waals surface area contributed by atoms with Crippen LogP contribution in [-0.4, -0.2) is 46.0 Å². The summed E-state index contributed by atoms with van der Waals surface area (Å²) in [6.07, 6.45) is 2.07. The molecule has 18 heavy (non-hydrogen) atoms. The van der Waals surface area contributed by atoms with Crippen LogP contribution in [-0.2, 0) is 0 Å². The Morgan fingerprint density at radius 3 is 1.28 bits per heavy atom. The summed E-state index contributed by atoms with van der Waals surface area (Å²) >= 11 is 11.0. The van der Waals surface area contributed by atoms with Crippen molar-refractivity contribution >= 4 is 34.4 Å². The van der Waals surface area contributed by atoms with Gasteiger partial charge in [-0.3, -0.25) is 0 Å². The molecular weight excluding hydrogens is 260 g/mol. The average Bonchev–Trinajstić information content (AvgIpc) is 2.27. The molecule has 1 heterocycles. The minimum absolute atomic E-state index is 0.651. The molecule has 0 N–H and O–H groups in total. The summed E-state index contributed by atoms with van der Waals surface area (Å²) in [5, 5.41) is 0. The summed E-state index contributed by atoms with van der Waals surface area (Å²) in [7, 11) is 0. The van der Waals surface area contributed by atoms with Crippen LogP contribution in [0, 0.1) is 11.8 Å². The lowest BCUT2D eigenvalue weighted by Gasteiger charge is -2.38. The Hall–Kier alpha value is -0.220. The SMILES string of the molecule is CC(C)CC(=S)N1CCN(C(=S)CC(C)C)CC1. The third kappa shape index (κ3) is 5.19. The van der Waals surface area contributed by atoms with Gasteiger partial charge in [0.15, 0.2) is 0 Å². The molecule has 0 aliphatic carbocycles. The fraction of sp³-hybridized carbons (Fsp3) is 0.857. The van der Waals surface area contributed by atoms with E-state index >= 15 is 0 Å². The highest BCUT2D eigenvalue weighted by Crippen LogP contribution is 2.12. The number of hydrogen-bond donors (Lipinski definition) is 0. The van der Waals surface area contributed by atoms with Crippen LogP contribution < -0.4 is 0 Å². The number of nitrogens with zero attached hydrogens (tertiary/aromatic N) is 2. The predicted molar refractivity (Wildman–Crippen MR) is 87.3 cm³/mol. The quantitative estimate of drug-likeness (QED) is 0.731. The van der Waals surface area contributed by atoms with E-state index < -0.39 is 0 Å². The fourth-order valence-corrected chi connectivity index (χ4v) is 3.19. The molecule has 0 spiro atoms. The van der Waals surface area contributed by atoms with Crippen LogP contribution in [0.4, 0.5) is 0 Å². The van der Waals surface area contributed by atoms with Gasteiger partial charge in [0.25, 0.3) is 0 Å². The molecule has 0 amide bonds. The molecule has 4 heteroatoms. The molecule has 1 aliphatic rings. The molecule has 1 rings (SSSR count). The summed E-state index contributed by atoms with van der Waals surface area (Å²) < 4.78 is 0. The summed E-state index contributed by atoms with van der Waals surface area (Å²) in [4.78, 5) is 6.95. The van der Waals surface area contributed by atoms with E-state index in [2.05, 4.69) is 37.5 Å². The van der Waals surface area contributed by atoms with Crippen LogP contribution in [0.5, 0.6) is 0 Å². The normalized spacial score (nSPS) is 16.6. The monoisotopic (exact) mass is 286 g/mol. The maximum atomic E-state index is 5.50. The second-order valence-electron chi connectivity index (χ2n) is 5.96. The van der Waals surface area contributed by atoms with Gasteiger partial charge in [0.05, 0.1) is 9.98 Å². The third-order valence-corrected chi connectivity index (χ3v) is 4.00. The zero-order valence-electron chi connectivity index (χ0n) is 12.1. The number of rotatable bonds is 4. The fourth-order valence-electron chi connectivity index (χ4n) is 2.16. The van der Waals surface area contributed by atoms with E-state index in [-0.39, 0.29) is 0 Å². The first-order chi connectivity index (χ1) is 8.40. The molecule has 0 atom stereocenters. The lowest BCUT2D eigenvalue weighted by atomic mass is 10.1. The molecule has 104 valence electrons. The largest absolute Gasteiger partial charge is 0.363 e. The van der Waals surface area contributed by atoms with E-state index in [1.165, 1.54) is 0 Å². The van der Waals surface area contributed by atoms with Crippen molar-refractivity contribution in [2.75, 3.05) is 26.2 Å². The summed E-state index contributed by atoms with van der Waals surface area (Å²) in [6.45, 7) is 13.0. The van der Waals surface area contributed by atoms with E-state index in [9.17, 15) is 0 Å². The second kappa shape index (κ2) is 7.39. The first-order valence-corrected chi connectivity index (χ1v) is 7.77. The molecule has 2 nitrogen and oxygen atoms in total. The standard InChI is InChI=1S/C14H26N2S2/c1-11(2)9-13(17)15-5-7-16(8-6-15)14(18)10-12(3)4/h11-12H,5-10H2,1-4H3. The Balaban J connectivity index is 2.36. The highest BCUT2D eigenvalue weighted by Gasteiger charge is 2.20. The van der Waals surface area contributed by atoms with Crippen molar-refractivity contribution in [3.63, 3.8) is 0 Å². The van der Waals surface area contributed by atoms with Crippen LogP contribution >= 0.6 is 24.4 Å². The van der Waals surface area contributed by atoms with Crippen molar-refractivity contribution in [2.45, 2.75) is 40.5 Å². The van der Waals surface area contributed by atoms with Crippen LogP contribution in [0.1, 0.15) is 40.5 Å². The maximum Gasteiger partial charge on any atom is 0.0783 e. The first kappa shape index (κ1) is 15.8. The van der Waals surface area contributed by atoms with E-state index in [1.54, 1.807) is 0 Å². The molecular formula is C14H26N2S2. The van der Waals surface area contributed by atoms with Crippen LogP contribution in [0.15, 0.2) is 0 Å². The molecule has 1 saturated heterocycles. The minimum atomic E-state index is 0.651. The Morgan fingerprint density at radius 2 is 1.06 bits per heavy atom. The molecule has 1 fully saturated rings. The van der Waals surface area contributed by atoms with Crippen molar-refractivity contribution in [2.24, 2.45) is 11.8 Å². The molecule has 0 unspecified atom stereocenters. The van der Waals surface area contributed by atoms with Crippen molar-refractivity contribution in [3.8, 4) is 0 Å². The van der Waals surface area contributed by atoms with E-state index in [0.717, 1.165) is 49.0 Å². The van der Waals surface area contributed by atoms with Gasteiger partial charge in [0.2, 0.25) is 0 Å². The molecule has 0 aromatic carbocycles. The van der Waals surface area contributed by atoms with Gasteiger partial charge < -0.3 is 9.80 Å². The van der Waals surface area contributed by atoms with Gasteiger partial charge in [-0.25, -0.2) is 0 Å². The van der Waals surface area contributed by atoms with Gasteiger partial charge in [-0.1, -0.05) is 52.1 Å². The van der Waals surface area contributed by atoms with Crippen LogP contribution in [0.25, 0.3) is 0 Å². The Bertz CT molecular complexity index is 262. The topological polar surface area (TPSA) is 6.48 Å². The van der Waals surface area contributed by atoms with Crippen molar-refractivity contribution in [3.05, 3.63) is 0 Å². The molecule has 0 aromatic rings. The molecule has 0 radical (unpaired) electrons. The van der Waals surface area contributed by atoms with Crippen LogP contribution in [0.2, 0.25) is 0 Å². The first-order valence-electron chi connectivity index (χ1n) is 6.95. The summed E-state index contributed by atoms with van der Waals surface area (Å²) in [5.41, 5.74) is 0. The predicted octanol–water partition coefficient (Wildman–Crippen LogP) is 3.35. The highest BCUT2D eigenvalue weighted by atomic mass is 32.1. The van der Waals surface area contributed by atoms with Gasteiger partial charge in [-0.2, -0.15) is 0 Å². The number of thiocarbonyl (C=S) groups is 2. The Morgan fingerprint density at radius 1 is 0.778 bits per heavy atom. The zero-order valence-corrected chi connectivity index (χ0v) is 13.7. The highest BCUT2D eigenvalue weighted by molar-refractivity contribution is 7.80. The molecule has 0 bridgehead atoms. The summed E-state index contributed by atoms with van der Waals surface area (Å²) in [5.74, 6) is 1.30. The third-order valence-electron chi connectivity index (χ3n) is 3.15. The lowest BCUT2D eigenvalue weighted by molar-refractivity contribution is 0.256. The molecule has 0 aromatic heterocycles. The van der Waals surface area contributed by atoms with E-state index in [4.69, 9.17) is 24.4 Å². The lowest BCUT2D eigenvalue weighted by Crippen LogP contribution is -2.50. The van der Waals surface area contributed by atoms with Crippen molar-refractivity contribution < 1.29 is 0 Å². The molecule has 1 aliphatic heterocycles. The zero-order chi connectivity index (χ0) is 13.7. The average molecular weight is 287 g/mol. The van der Waals surface area contributed by atoms with Gasteiger partial charge in [-0.05, 0) is 11.8 Å². The smallest absolute Gasteiger partial charge is 0.0783 e. The summed E-state index contributed by atoms with van der Waals surface area (Å²) in [6, 6.07) is 0. The number of hydrogen-bond acceptors (Lipinski definition) is 2. The minimum Gasteiger partial charge on any atom is -0.363 e. The van der Waals surface area contributed by atoms with Crippen LogP contribution in [0.3, 0.4) is 0 Å². The van der Waals surface area contributed by atoms with E-state index in [1.807, 2.05) is 0 Å². The second-order valence-corrected chi connectivity index (χ2v) is 6.90. The van der Waals surface area contributed by atoms with Gasteiger partial charge in [-0.15, -0.1) is 0 Å².